The van der Waals surface area contributed by atoms with Crippen molar-refractivity contribution < 1.29 is 19.4 Å². The average Bonchev–Trinajstić information content (AvgIpc) is 2.73. The molecule has 5 heteroatoms. The van der Waals surface area contributed by atoms with Crippen molar-refractivity contribution in [2.75, 3.05) is 13.7 Å². The molecular formula is C16H19NO4. The predicted molar refractivity (Wildman–Crippen MR) is 79.0 cm³/mol. The zero-order chi connectivity index (χ0) is 15.8. The summed E-state index contributed by atoms with van der Waals surface area (Å²) in [7, 11) is 1.54. The minimum Gasteiger partial charge on any atom is -0.506 e. The Bertz CT molecular complexity index is 608. The normalized spacial score (nSPS) is 18.2. The van der Waals surface area contributed by atoms with Gasteiger partial charge in [0.05, 0.1) is 13.7 Å². The van der Waals surface area contributed by atoms with Gasteiger partial charge in [-0.1, -0.05) is 0 Å². The number of ketones is 1. The number of ether oxygens (including phenoxy) is 1. The van der Waals surface area contributed by atoms with E-state index in [4.69, 9.17) is 4.74 Å². The fourth-order valence-electron chi connectivity index (χ4n) is 2.22. The number of carbonyl (C=O) groups excluding carboxylic acids is 2. The summed E-state index contributed by atoms with van der Waals surface area (Å²) in [5.41, 5.74) is -0.187. The van der Waals surface area contributed by atoms with Crippen molar-refractivity contribution in [1.82, 2.24) is 4.90 Å². The highest BCUT2D eigenvalue weighted by Crippen LogP contribution is 2.28. The van der Waals surface area contributed by atoms with Crippen molar-refractivity contribution in [2.45, 2.75) is 26.3 Å². The standard InChI is InChI=1S/C16H19NO4/c1-16(2,3)17-9-12(18)13(15(17)20)14(19)10-5-7-11(21-4)8-6-10/h5-8,19H,9H2,1-4H3/b14-13-. The van der Waals surface area contributed by atoms with Crippen LogP contribution >= 0.6 is 0 Å². The molecule has 0 bridgehead atoms. The number of hydrogen-bond donors (Lipinski definition) is 1. The summed E-state index contributed by atoms with van der Waals surface area (Å²) >= 11 is 0. The maximum Gasteiger partial charge on any atom is 0.262 e. The maximum atomic E-state index is 12.4. The van der Waals surface area contributed by atoms with E-state index in [1.807, 2.05) is 20.8 Å². The molecule has 1 aliphatic rings. The van der Waals surface area contributed by atoms with Gasteiger partial charge in [-0.15, -0.1) is 0 Å². The van der Waals surface area contributed by atoms with E-state index in [-0.39, 0.29) is 23.7 Å². The van der Waals surface area contributed by atoms with Crippen molar-refractivity contribution in [3.8, 4) is 5.75 Å². The first-order valence-electron chi connectivity index (χ1n) is 6.68. The van der Waals surface area contributed by atoms with Gasteiger partial charge in [0.15, 0.2) is 5.78 Å². The van der Waals surface area contributed by atoms with E-state index in [1.54, 1.807) is 31.4 Å². The summed E-state index contributed by atoms with van der Waals surface area (Å²) in [6, 6.07) is 6.55. The minimum atomic E-state index is -0.464. The van der Waals surface area contributed by atoms with E-state index >= 15 is 0 Å². The maximum absolute atomic E-state index is 12.4. The molecule has 1 saturated heterocycles. The van der Waals surface area contributed by atoms with E-state index in [0.29, 0.717) is 11.3 Å². The molecule has 5 nitrogen and oxygen atoms in total. The molecule has 1 aliphatic heterocycles. The Morgan fingerprint density at radius 3 is 2.19 bits per heavy atom. The van der Waals surface area contributed by atoms with E-state index in [1.165, 1.54) is 4.90 Å². The number of aliphatic hydroxyl groups excluding tert-OH is 1. The highest BCUT2D eigenvalue weighted by Gasteiger charge is 2.41. The Morgan fingerprint density at radius 2 is 1.76 bits per heavy atom. The van der Waals surface area contributed by atoms with E-state index in [9.17, 15) is 14.7 Å². The van der Waals surface area contributed by atoms with Gasteiger partial charge in [0, 0.05) is 11.1 Å². The third-order valence-electron chi connectivity index (χ3n) is 3.45. The molecule has 0 unspecified atom stereocenters. The number of methoxy groups -OCH3 is 1. The molecule has 112 valence electrons. The van der Waals surface area contributed by atoms with Crippen LogP contribution in [0.4, 0.5) is 0 Å². The van der Waals surface area contributed by atoms with Gasteiger partial charge in [-0.3, -0.25) is 9.59 Å². The number of hydrogen-bond acceptors (Lipinski definition) is 4. The summed E-state index contributed by atoms with van der Waals surface area (Å²) in [4.78, 5) is 25.9. The Labute approximate surface area is 123 Å². The molecular weight excluding hydrogens is 270 g/mol. The van der Waals surface area contributed by atoms with Gasteiger partial charge in [0.2, 0.25) is 0 Å². The Kier molecular flexibility index (Phi) is 3.77. The number of nitrogens with zero attached hydrogens (tertiary/aromatic N) is 1. The monoisotopic (exact) mass is 289 g/mol. The average molecular weight is 289 g/mol. The Balaban J connectivity index is 2.42. The van der Waals surface area contributed by atoms with Crippen molar-refractivity contribution in [2.24, 2.45) is 0 Å². The van der Waals surface area contributed by atoms with Gasteiger partial charge < -0.3 is 14.7 Å². The zero-order valence-corrected chi connectivity index (χ0v) is 12.6. The largest absolute Gasteiger partial charge is 0.506 e. The predicted octanol–water partition coefficient (Wildman–Crippen LogP) is 2.17. The quantitative estimate of drug-likeness (QED) is 0.515. The lowest BCUT2D eigenvalue weighted by Gasteiger charge is -2.30. The molecule has 0 aliphatic carbocycles. The molecule has 1 heterocycles. The van der Waals surface area contributed by atoms with Crippen LogP contribution in [-0.2, 0) is 9.59 Å². The molecule has 1 aromatic rings. The third kappa shape index (κ3) is 2.77. The zero-order valence-electron chi connectivity index (χ0n) is 12.6. The van der Waals surface area contributed by atoms with Crippen molar-refractivity contribution in [3.63, 3.8) is 0 Å². The van der Waals surface area contributed by atoms with E-state index in [0.717, 1.165) is 0 Å². The number of carbonyl (C=O) groups is 2. The van der Waals surface area contributed by atoms with Crippen LogP contribution in [0.1, 0.15) is 26.3 Å². The van der Waals surface area contributed by atoms with Gasteiger partial charge in [-0.2, -0.15) is 0 Å². The van der Waals surface area contributed by atoms with Crippen molar-refractivity contribution in [1.29, 1.82) is 0 Å². The fourth-order valence-corrected chi connectivity index (χ4v) is 2.22. The molecule has 0 saturated carbocycles. The SMILES string of the molecule is COc1ccc(/C(O)=C2\C(=O)CN(C(C)(C)C)C2=O)cc1. The second-order valence-corrected chi connectivity index (χ2v) is 5.94. The number of Topliss-reactive ketones (excluding diaryl/α,β-unsaturated/α-hetero) is 1. The van der Waals surface area contributed by atoms with Crippen LogP contribution in [0.2, 0.25) is 0 Å². The van der Waals surface area contributed by atoms with Crippen LogP contribution in [0.5, 0.6) is 5.75 Å². The lowest BCUT2D eigenvalue weighted by molar-refractivity contribution is -0.129. The Hall–Kier alpha value is -2.30. The van der Waals surface area contributed by atoms with E-state index in [2.05, 4.69) is 0 Å². The molecule has 0 atom stereocenters. The summed E-state index contributed by atoms with van der Waals surface area (Å²) in [5.74, 6) is -0.430. The molecule has 0 radical (unpaired) electrons. The Morgan fingerprint density at radius 1 is 1.19 bits per heavy atom. The van der Waals surface area contributed by atoms with Crippen LogP contribution in [0, 0.1) is 0 Å². The number of rotatable bonds is 2. The smallest absolute Gasteiger partial charge is 0.262 e. The molecule has 0 spiro atoms. The second kappa shape index (κ2) is 5.24. The van der Waals surface area contributed by atoms with Crippen LogP contribution in [-0.4, -0.2) is 40.9 Å². The highest BCUT2D eigenvalue weighted by atomic mass is 16.5. The summed E-state index contributed by atoms with van der Waals surface area (Å²) in [6.07, 6.45) is 0. The minimum absolute atomic E-state index is 0.00210. The molecule has 1 amide bonds. The van der Waals surface area contributed by atoms with Gasteiger partial charge in [0.25, 0.3) is 5.91 Å². The van der Waals surface area contributed by atoms with E-state index < -0.39 is 11.4 Å². The lowest BCUT2D eigenvalue weighted by atomic mass is 10.1. The molecule has 0 aromatic heterocycles. The summed E-state index contributed by atoms with van der Waals surface area (Å²) in [5, 5.41) is 10.3. The summed E-state index contributed by atoms with van der Waals surface area (Å²) in [6.45, 7) is 5.56. The van der Waals surface area contributed by atoms with Crippen molar-refractivity contribution >= 4 is 17.4 Å². The molecule has 1 fully saturated rings. The molecule has 1 N–H and O–H groups in total. The van der Waals surface area contributed by atoms with Crippen LogP contribution in [0.25, 0.3) is 5.76 Å². The first kappa shape index (κ1) is 15.1. The highest BCUT2D eigenvalue weighted by molar-refractivity contribution is 6.28. The number of amides is 1. The van der Waals surface area contributed by atoms with Crippen LogP contribution in [0.3, 0.4) is 0 Å². The van der Waals surface area contributed by atoms with Crippen LogP contribution < -0.4 is 4.74 Å². The van der Waals surface area contributed by atoms with Gasteiger partial charge in [-0.05, 0) is 45.0 Å². The second-order valence-electron chi connectivity index (χ2n) is 5.94. The molecule has 1 aromatic carbocycles. The third-order valence-corrected chi connectivity index (χ3v) is 3.45. The van der Waals surface area contributed by atoms with Gasteiger partial charge in [0.1, 0.15) is 17.1 Å². The fraction of sp³-hybridized carbons (Fsp3) is 0.375. The number of aliphatic hydroxyl groups is 1. The molecule has 2 rings (SSSR count). The topological polar surface area (TPSA) is 66.8 Å². The summed E-state index contributed by atoms with van der Waals surface area (Å²) < 4.78 is 5.04. The first-order valence-corrected chi connectivity index (χ1v) is 6.68. The molecule has 21 heavy (non-hydrogen) atoms. The first-order chi connectivity index (χ1) is 9.75. The lowest BCUT2D eigenvalue weighted by Crippen LogP contribution is -2.42. The van der Waals surface area contributed by atoms with Gasteiger partial charge >= 0.3 is 0 Å². The number of likely N-dealkylation sites (tertiary alicyclic amines) is 1. The van der Waals surface area contributed by atoms with Gasteiger partial charge in [-0.25, -0.2) is 0 Å². The number of benzene rings is 1. The van der Waals surface area contributed by atoms with Crippen LogP contribution in [0.15, 0.2) is 29.8 Å². The van der Waals surface area contributed by atoms with Crippen molar-refractivity contribution in [3.05, 3.63) is 35.4 Å².